The number of halogens is 1. The Labute approximate surface area is 105 Å². The quantitative estimate of drug-likeness (QED) is 0.389. The van der Waals surface area contributed by atoms with Crippen LogP contribution in [0.25, 0.3) is 0 Å². The van der Waals surface area contributed by atoms with Crippen LogP contribution in [0.3, 0.4) is 0 Å². The van der Waals surface area contributed by atoms with Gasteiger partial charge < -0.3 is 10.5 Å². The Morgan fingerprint density at radius 2 is 2.18 bits per heavy atom. The lowest BCUT2D eigenvalue weighted by Crippen LogP contribution is -2.24. The van der Waals surface area contributed by atoms with Crippen LogP contribution in [0.1, 0.15) is 13.8 Å². The van der Waals surface area contributed by atoms with E-state index in [-0.39, 0.29) is 0 Å². The normalized spacial score (nSPS) is 13.2. The topological polar surface area (TPSA) is 64.7 Å². The predicted molar refractivity (Wildman–Crippen MR) is 69.9 cm³/mol. The number of nitrogens with zero attached hydrogens (tertiary/aromatic N) is 1. The maximum atomic E-state index is 11.4. The van der Waals surface area contributed by atoms with E-state index in [0.717, 1.165) is 0 Å². The van der Waals surface area contributed by atoms with E-state index in [2.05, 4.69) is 4.99 Å². The van der Waals surface area contributed by atoms with Crippen LogP contribution in [0.15, 0.2) is 29.3 Å². The van der Waals surface area contributed by atoms with Crippen LogP contribution in [0, 0.1) is 0 Å². The number of rotatable bonds is 4. The van der Waals surface area contributed by atoms with E-state index >= 15 is 0 Å². The third kappa shape index (κ3) is 3.75. The monoisotopic (exact) mass is 254 g/mol. The van der Waals surface area contributed by atoms with Crippen molar-refractivity contribution in [2.24, 2.45) is 4.99 Å². The molecule has 1 aromatic rings. The van der Waals surface area contributed by atoms with Crippen LogP contribution in [0.2, 0.25) is 0 Å². The molecule has 17 heavy (non-hydrogen) atoms. The number of nitrogens with two attached hydrogens (primary N) is 1. The van der Waals surface area contributed by atoms with E-state index in [1.54, 1.807) is 26.0 Å². The summed E-state index contributed by atoms with van der Waals surface area (Å²) in [6.45, 7) is 3.69. The number of hydrogen-bond acceptors (Lipinski definition) is 4. The molecule has 4 nitrogen and oxygen atoms in total. The van der Waals surface area contributed by atoms with Crippen molar-refractivity contribution >= 4 is 34.7 Å². The lowest BCUT2D eigenvalue weighted by atomic mass is 10.2. The molecule has 1 atom stereocenters. The highest BCUT2D eigenvalue weighted by Crippen LogP contribution is 2.21. The number of esters is 1. The Bertz CT molecular complexity index is 432. The summed E-state index contributed by atoms with van der Waals surface area (Å²) < 4.78 is 4.81. The first-order chi connectivity index (χ1) is 8.06. The Kier molecular flexibility index (Phi) is 4.97. The lowest BCUT2D eigenvalue weighted by Gasteiger charge is -2.08. The van der Waals surface area contributed by atoms with Gasteiger partial charge in [0.1, 0.15) is 0 Å². The molecule has 1 rings (SSSR count). The highest BCUT2D eigenvalue weighted by molar-refractivity contribution is 6.41. The summed E-state index contributed by atoms with van der Waals surface area (Å²) in [5.41, 5.74) is 7.34. The molecule has 0 aliphatic carbocycles. The van der Waals surface area contributed by atoms with E-state index < -0.39 is 11.3 Å². The molecule has 1 aromatic carbocycles. The molecule has 0 aromatic heterocycles. The fourth-order valence-electron chi connectivity index (χ4n) is 1.22. The second-order valence-corrected chi connectivity index (χ2v) is 3.86. The summed E-state index contributed by atoms with van der Waals surface area (Å²) in [5, 5.41) is -0.880. The van der Waals surface area contributed by atoms with Gasteiger partial charge in [-0.05, 0) is 26.0 Å². The second kappa shape index (κ2) is 6.25. The summed E-state index contributed by atoms with van der Waals surface area (Å²) in [7, 11) is 0. The van der Waals surface area contributed by atoms with Crippen LogP contribution in [0.4, 0.5) is 11.4 Å². The zero-order chi connectivity index (χ0) is 12.8. The molecular formula is C12H15ClN2O2. The fourth-order valence-corrected chi connectivity index (χ4v) is 1.33. The lowest BCUT2D eigenvalue weighted by molar-refractivity contribution is -0.141. The van der Waals surface area contributed by atoms with Gasteiger partial charge in [-0.3, -0.25) is 9.79 Å². The zero-order valence-corrected chi connectivity index (χ0v) is 10.6. The first-order valence-corrected chi connectivity index (χ1v) is 5.70. The molecule has 5 heteroatoms. The molecule has 0 radical (unpaired) electrons. The molecule has 0 heterocycles. The molecule has 0 saturated carbocycles. The average Bonchev–Trinajstić information content (AvgIpc) is 2.31. The van der Waals surface area contributed by atoms with E-state index in [1.807, 2.05) is 12.1 Å². The molecule has 0 saturated heterocycles. The number of alkyl halides is 1. The smallest absolute Gasteiger partial charge is 0.329 e. The van der Waals surface area contributed by atoms with E-state index in [9.17, 15) is 4.79 Å². The summed E-state index contributed by atoms with van der Waals surface area (Å²) in [4.78, 5) is 15.6. The molecular weight excluding hydrogens is 240 g/mol. The number of hydrogen-bond donors (Lipinski definition) is 1. The number of aliphatic imine (C=N–C) groups is 1. The van der Waals surface area contributed by atoms with E-state index in [0.29, 0.717) is 23.7 Å². The van der Waals surface area contributed by atoms with Crippen molar-refractivity contribution in [3.05, 3.63) is 24.3 Å². The minimum Gasteiger partial charge on any atom is -0.465 e. The van der Waals surface area contributed by atoms with Crippen LogP contribution in [-0.2, 0) is 9.53 Å². The van der Waals surface area contributed by atoms with Crippen LogP contribution >= 0.6 is 11.6 Å². The number of carbonyl (C=O) groups excluding carboxylic acids is 1. The SMILES string of the molecule is CCOC(=O)[C@@H](Cl)C(C)=Nc1ccccc1N. The number of ether oxygens (including phenoxy) is 1. The van der Waals surface area contributed by atoms with Gasteiger partial charge in [0.25, 0.3) is 0 Å². The molecule has 0 aliphatic rings. The Morgan fingerprint density at radius 1 is 1.53 bits per heavy atom. The predicted octanol–water partition coefficient (Wildman–Crippen LogP) is 2.53. The molecule has 0 unspecified atom stereocenters. The summed E-state index contributed by atoms with van der Waals surface area (Å²) >= 11 is 5.92. The number of carbonyl (C=O) groups is 1. The number of para-hydroxylation sites is 2. The maximum absolute atomic E-state index is 11.4. The second-order valence-electron chi connectivity index (χ2n) is 3.43. The number of nitrogen functional groups attached to an aromatic ring is 1. The van der Waals surface area contributed by atoms with Crippen molar-refractivity contribution in [2.75, 3.05) is 12.3 Å². The highest BCUT2D eigenvalue weighted by Gasteiger charge is 2.19. The molecule has 0 fully saturated rings. The average molecular weight is 255 g/mol. The first-order valence-electron chi connectivity index (χ1n) is 5.26. The Morgan fingerprint density at radius 3 is 2.76 bits per heavy atom. The zero-order valence-electron chi connectivity index (χ0n) is 9.81. The van der Waals surface area contributed by atoms with Gasteiger partial charge in [0.05, 0.1) is 18.0 Å². The van der Waals surface area contributed by atoms with Crippen molar-refractivity contribution in [3.63, 3.8) is 0 Å². The van der Waals surface area contributed by atoms with Crippen LogP contribution in [0.5, 0.6) is 0 Å². The van der Waals surface area contributed by atoms with Crippen molar-refractivity contribution in [2.45, 2.75) is 19.2 Å². The van der Waals surface area contributed by atoms with Crippen LogP contribution in [-0.4, -0.2) is 23.7 Å². The van der Waals surface area contributed by atoms with E-state index in [4.69, 9.17) is 22.1 Å². The van der Waals surface area contributed by atoms with Crippen LogP contribution < -0.4 is 5.73 Å². The van der Waals surface area contributed by atoms with Gasteiger partial charge in [-0.2, -0.15) is 0 Å². The molecule has 0 bridgehead atoms. The molecule has 0 aliphatic heterocycles. The minimum atomic E-state index is -0.880. The van der Waals surface area contributed by atoms with Gasteiger partial charge in [0.15, 0.2) is 5.38 Å². The standard InChI is InChI=1S/C12H15ClN2O2/c1-3-17-12(16)11(13)8(2)15-10-7-5-4-6-9(10)14/h4-7,11H,3,14H2,1-2H3/t11-/m0/s1. The maximum Gasteiger partial charge on any atom is 0.329 e. The highest BCUT2D eigenvalue weighted by atomic mass is 35.5. The molecule has 92 valence electrons. The summed E-state index contributed by atoms with van der Waals surface area (Å²) in [6.07, 6.45) is 0. The third-order valence-electron chi connectivity index (χ3n) is 2.09. The minimum absolute atomic E-state index is 0.294. The van der Waals surface area contributed by atoms with Gasteiger partial charge in [-0.15, -0.1) is 11.6 Å². The molecule has 0 amide bonds. The molecule has 0 spiro atoms. The van der Waals surface area contributed by atoms with Gasteiger partial charge >= 0.3 is 5.97 Å². The fraction of sp³-hybridized carbons (Fsp3) is 0.333. The van der Waals surface area contributed by atoms with Gasteiger partial charge in [-0.1, -0.05) is 12.1 Å². The third-order valence-corrected chi connectivity index (χ3v) is 2.59. The van der Waals surface area contributed by atoms with Gasteiger partial charge in [0.2, 0.25) is 0 Å². The number of benzene rings is 1. The van der Waals surface area contributed by atoms with Gasteiger partial charge in [0, 0.05) is 5.71 Å². The Hall–Kier alpha value is -1.55. The van der Waals surface area contributed by atoms with E-state index in [1.165, 1.54) is 0 Å². The largest absolute Gasteiger partial charge is 0.465 e. The first kappa shape index (κ1) is 13.5. The van der Waals surface area contributed by atoms with Crippen molar-refractivity contribution in [1.29, 1.82) is 0 Å². The van der Waals surface area contributed by atoms with Crippen molar-refractivity contribution in [3.8, 4) is 0 Å². The molecule has 2 N–H and O–H groups in total. The van der Waals surface area contributed by atoms with Crippen molar-refractivity contribution in [1.82, 2.24) is 0 Å². The van der Waals surface area contributed by atoms with Crippen molar-refractivity contribution < 1.29 is 9.53 Å². The summed E-state index contributed by atoms with van der Waals surface area (Å²) in [5.74, 6) is -0.495. The number of anilines is 1. The van der Waals surface area contributed by atoms with Gasteiger partial charge in [-0.25, -0.2) is 0 Å². The Balaban J connectivity index is 2.86. The summed E-state index contributed by atoms with van der Waals surface area (Å²) in [6, 6.07) is 7.12.